The van der Waals surface area contributed by atoms with Crippen molar-refractivity contribution in [1.82, 2.24) is 0 Å². The molecule has 0 aromatic heterocycles. The van der Waals surface area contributed by atoms with E-state index >= 15 is 0 Å². The van der Waals surface area contributed by atoms with Gasteiger partial charge in [0.05, 0.1) is 27.6 Å². The first-order chi connectivity index (χ1) is 46.0. The molecule has 3 spiro atoms. The predicted octanol–water partition coefficient (Wildman–Crippen LogP) is 22.2. The standard InChI is InChI=1S/C91H58N2/c1-92-83-52-19-17-48-79(83)89(72-41-10-3-26-57(72)58-27-4-11-42-73(58)89)81-50-24-38-67(87(81)92)55-33-21-35-64-70(55)54-71-56(68-39-25-51-82-88(68)93(2)84-53-20-18-49-80(84)90(82)74-43-12-5-28-59(74)60-29-6-13-44-75(60)90)34-22-36-65(71)85(64)69-40-23-37-66-63-32-9-16-47-78(63)91(86(66)69)76-45-14-7-30-61(76)62-31-8-15-46-77(62)91/h3-54H,1-2H3. The molecule has 21 rings (SSSR count). The molecule has 15 aromatic rings. The fourth-order valence-corrected chi connectivity index (χ4v) is 19.5. The Labute approximate surface area is 541 Å². The molecular formula is C91H58N2. The summed E-state index contributed by atoms with van der Waals surface area (Å²) in [4.78, 5) is 5.00. The first kappa shape index (κ1) is 51.2. The van der Waals surface area contributed by atoms with Crippen LogP contribution in [0.25, 0.3) is 99.4 Å². The summed E-state index contributed by atoms with van der Waals surface area (Å²) in [6.07, 6.45) is 0. The minimum atomic E-state index is -0.590. The van der Waals surface area contributed by atoms with Gasteiger partial charge >= 0.3 is 0 Å². The molecule has 93 heavy (non-hydrogen) atoms. The molecule has 2 aliphatic heterocycles. The summed E-state index contributed by atoms with van der Waals surface area (Å²) in [5, 5.41) is 4.86. The Morgan fingerprint density at radius 1 is 0.194 bits per heavy atom. The fourth-order valence-electron chi connectivity index (χ4n) is 19.5. The Morgan fingerprint density at radius 3 is 0.839 bits per heavy atom. The van der Waals surface area contributed by atoms with E-state index in [9.17, 15) is 0 Å². The van der Waals surface area contributed by atoms with Crippen molar-refractivity contribution in [3.05, 3.63) is 382 Å². The largest absolute Gasteiger partial charge is 0.344 e. The molecule has 0 saturated heterocycles. The fraction of sp³-hybridized carbons (Fsp3) is 0.0549. The summed E-state index contributed by atoms with van der Waals surface area (Å²) < 4.78 is 0. The Morgan fingerprint density at radius 2 is 0.452 bits per heavy atom. The van der Waals surface area contributed by atoms with Crippen LogP contribution in [0.3, 0.4) is 0 Å². The highest BCUT2D eigenvalue weighted by molar-refractivity contribution is 6.22. The Kier molecular flexibility index (Phi) is 10.1. The van der Waals surface area contributed by atoms with E-state index in [1.54, 1.807) is 0 Å². The van der Waals surface area contributed by atoms with Crippen molar-refractivity contribution in [3.63, 3.8) is 0 Å². The second-order valence-electron chi connectivity index (χ2n) is 26.4. The van der Waals surface area contributed by atoms with Gasteiger partial charge in [-0.15, -0.1) is 0 Å². The lowest BCUT2D eigenvalue weighted by Gasteiger charge is -2.44. The van der Waals surface area contributed by atoms with Crippen LogP contribution in [0.4, 0.5) is 22.7 Å². The lowest BCUT2D eigenvalue weighted by atomic mass is 9.64. The van der Waals surface area contributed by atoms with Gasteiger partial charge in [0.25, 0.3) is 0 Å². The summed E-state index contributed by atoms with van der Waals surface area (Å²) in [6.45, 7) is 0. The maximum atomic E-state index is 2.59. The van der Waals surface area contributed by atoms with Gasteiger partial charge in [-0.25, -0.2) is 0 Å². The highest BCUT2D eigenvalue weighted by atomic mass is 15.1. The molecule has 432 valence electrons. The normalized spacial score (nSPS) is 15.0. The summed E-state index contributed by atoms with van der Waals surface area (Å²) in [7, 11) is 4.60. The zero-order chi connectivity index (χ0) is 61.1. The summed E-state index contributed by atoms with van der Waals surface area (Å²) >= 11 is 0. The van der Waals surface area contributed by atoms with Crippen LogP contribution in [-0.2, 0) is 16.2 Å². The molecule has 0 amide bonds. The van der Waals surface area contributed by atoms with Crippen molar-refractivity contribution in [3.8, 4) is 77.9 Å². The van der Waals surface area contributed by atoms with Gasteiger partial charge in [0.2, 0.25) is 0 Å². The molecule has 0 atom stereocenters. The SMILES string of the molecule is CN1c2ccccc2C2(c3ccccc3-c3ccccc32)c2cccc(-c3cccc4c(-c5cccc6c5C5(c7ccccc7-c7ccccc75)c5ccccc5-6)c5cccc(-c6cccc7c6N(C)c6ccccc6C76c7ccccc7-c7ccccc76)c5cc34)c21. The van der Waals surface area contributed by atoms with Gasteiger partial charge in [-0.2, -0.15) is 0 Å². The smallest absolute Gasteiger partial charge is 0.0754 e. The molecule has 6 aliphatic rings. The van der Waals surface area contributed by atoms with Crippen molar-refractivity contribution in [2.75, 3.05) is 23.9 Å². The molecule has 2 nitrogen and oxygen atoms in total. The average Bonchev–Trinajstić information content (AvgIpc) is 1.54. The maximum absolute atomic E-state index is 2.59. The molecule has 0 bridgehead atoms. The monoisotopic (exact) mass is 1180 g/mol. The van der Waals surface area contributed by atoms with Crippen LogP contribution in [0, 0.1) is 0 Å². The van der Waals surface area contributed by atoms with Crippen molar-refractivity contribution in [2.24, 2.45) is 0 Å². The number of anilines is 4. The molecule has 0 saturated carbocycles. The van der Waals surface area contributed by atoms with Crippen molar-refractivity contribution in [1.29, 1.82) is 0 Å². The van der Waals surface area contributed by atoms with Crippen LogP contribution >= 0.6 is 0 Å². The molecule has 4 aliphatic carbocycles. The second-order valence-corrected chi connectivity index (χ2v) is 26.4. The van der Waals surface area contributed by atoms with E-state index in [2.05, 4.69) is 339 Å². The average molecular weight is 1180 g/mol. The Hall–Kier alpha value is -11.6. The zero-order valence-electron chi connectivity index (χ0n) is 51.4. The number of hydrogen-bond acceptors (Lipinski definition) is 2. The van der Waals surface area contributed by atoms with Gasteiger partial charge in [-0.1, -0.05) is 297 Å². The quantitative estimate of drug-likeness (QED) is 0.163. The predicted molar refractivity (Wildman–Crippen MR) is 385 cm³/mol. The third-order valence-corrected chi connectivity index (χ3v) is 22.7. The summed E-state index contributed by atoms with van der Waals surface area (Å²) in [5.41, 5.74) is 36.7. The molecule has 0 N–H and O–H groups in total. The van der Waals surface area contributed by atoms with E-state index < -0.39 is 16.2 Å². The van der Waals surface area contributed by atoms with Crippen molar-refractivity contribution >= 4 is 44.3 Å². The van der Waals surface area contributed by atoms with Crippen LogP contribution in [0.5, 0.6) is 0 Å². The maximum Gasteiger partial charge on any atom is 0.0754 e. The number of fused-ring (bicyclic) bond motifs is 30. The van der Waals surface area contributed by atoms with E-state index in [4.69, 9.17) is 0 Å². The van der Waals surface area contributed by atoms with Crippen LogP contribution in [-0.4, -0.2) is 14.1 Å². The number of hydrogen-bond donors (Lipinski definition) is 0. The number of nitrogens with zero attached hydrogens (tertiary/aromatic N) is 2. The number of para-hydroxylation sites is 4. The number of benzene rings is 15. The Bertz CT molecular complexity index is 5430. The van der Waals surface area contributed by atoms with Crippen molar-refractivity contribution in [2.45, 2.75) is 16.2 Å². The molecular weight excluding hydrogens is 1120 g/mol. The molecule has 2 heterocycles. The third-order valence-electron chi connectivity index (χ3n) is 22.7. The lowest BCUT2D eigenvalue weighted by Crippen LogP contribution is -2.36. The lowest BCUT2D eigenvalue weighted by molar-refractivity contribution is 0.749. The van der Waals surface area contributed by atoms with Crippen LogP contribution < -0.4 is 9.80 Å². The van der Waals surface area contributed by atoms with E-state index in [-0.39, 0.29) is 0 Å². The first-order valence-electron chi connectivity index (χ1n) is 32.8. The third kappa shape index (κ3) is 6.07. The minimum absolute atomic E-state index is 0.562. The van der Waals surface area contributed by atoms with Gasteiger partial charge in [0.15, 0.2) is 0 Å². The first-order valence-corrected chi connectivity index (χ1v) is 32.8. The highest BCUT2D eigenvalue weighted by Crippen LogP contribution is 2.68. The van der Waals surface area contributed by atoms with E-state index in [0.29, 0.717) is 0 Å². The van der Waals surface area contributed by atoms with Crippen LogP contribution in [0.2, 0.25) is 0 Å². The molecule has 2 heteroatoms. The number of rotatable bonds is 3. The van der Waals surface area contributed by atoms with E-state index in [1.165, 1.54) is 189 Å². The second kappa shape index (κ2) is 18.3. The van der Waals surface area contributed by atoms with Gasteiger partial charge in [0, 0.05) is 36.6 Å². The van der Waals surface area contributed by atoms with E-state index in [1.807, 2.05) is 0 Å². The molecule has 0 radical (unpaired) electrons. The minimum Gasteiger partial charge on any atom is -0.344 e. The highest BCUT2D eigenvalue weighted by Gasteiger charge is 2.55. The van der Waals surface area contributed by atoms with Gasteiger partial charge in [-0.05, 0) is 173 Å². The van der Waals surface area contributed by atoms with Gasteiger partial charge in [0.1, 0.15) is 0 Å². The van der Waals surface area contributed by atoms with Gasteiger partial charge in [-0.3, -0.25) is 0 Å². The van der Waals surface area contributed by atoms with Crippen LogP contribution in [0.1, 0.15) is 66.8 Å². The van der Waals surface area contributed by atoms with Crippen molar-refractivity contribution < 1.29 is 0 Å². The summed E-state index contributed by atoms with van der Waals surface area (Å²) in [5.74, 6) is 0. The van der Waals surface area contributed by atoms with E-state index in [0.717, 1.165) is 0 Å². The molecule has 15 aromatic carbocycles. The Balaban J connectivity index is 0.902. The molecule has 0 unspecified atom stereocenters. The van der Waals surface area contributed by atoms with Gasteiger partial charge < -0.3 is 9.80 Å². The summed E-state index contributed by atoms with van der Waals surface area (Å²) in [6, 6.07) is 121. The zero-order valence-corrected chi connectivity index (χ0v) is 51.4. The topological polar surface area (TPSA) is 6.48 Å². The van der Waals surface area contributed by atoms with Crippen LogP contribution in [0.15, 0.2) is 315 Å². The molecule has 0 fully saturated rings.